The topological polar surface area (TPSA) is 58.6 Å². The van der Waals surface area contributed by atoms with E-state index in [9.17, 15) is 21.6 Å². The van der Waals surface area contributed by atoms with Gasteiger partial charge in [0.1, 0.15) is 5.75 Å². The molecule has 0 radical (unpaired) electrons. The molecule has 1 heterocycles. The van der Waals surface area contributed by atoms with Crippen molar-refractivity contribution < 1.29 is 26.3 Å². The summed E-state index contributed by atoms with van der Waals surface area (Å²) in [4.78, 5) is 1.86. The Labute approximate surface area is 176 Å². The second-order valence-corrected chi connectivity index (χ2v) is 9.05. The highest BCUT2D eigenvalue weighted by Gasteiger charge is 2.31. The SMILES string of the molecule is O=S(=O)(N[C@H]1CCCN(c2ccc(Cl)c(Cl)c2)C1)c1ccc(OC(F)(F)F)cc1. The van der Waals surface area contributed by atoms with Gasteiger partial charge in [0.05, 0.1) is 14.9 Å². The fraction of sp³-hybridized carbons (Fsp3) is 0.333. The summed E-state index contributed by atoms with van der Waals surface area (Å²) >= 11 is 12.0. The molecule has 1 aliphatic heterocycles. The Hall–Kier alpha value is -1.68. The van der Waals surface area contributed by atoms with Crippen molar-refractivity contribution in [1.82, 2.24) is 4.72 Å². The van der Waals surface area contributed by atoms with Crippen molar-refractivity contribution in [1.29, 1.82) is 0 Å². The van der Waals surface area contributed by atoms with E-state index in [1.54, 1.807) is 12.1 Å². The molecule has 1 N–H and O–H groups in total. The Kier molecular flexibility index (Phi) is 6.52. The van der Waals surface area contributed by atoms with Gasteiger partial charge in [-0.1, -0.05) is 23.2 Å². The van der Waals surface area contributed by atoms with Crippen LogP contribution in [0, 0.1) is 0 Å². The summed E-state index contributed by atoms with van der Waals surface area (Å²) in [6, 6.07) is 8.92. The van der Waals surface area contributed by atoms with Gasteiger partial charge in [0, 0.05) is 24.8 Å². The zero-order valence-corrected chi connectivity index (χ0v) is 17.2. The van der Waals surface area contributed by atoms with Crippen molar-refractivity contribution in [2.45, 2.75) is 30.1 Å². The second kappa shape index (κ2) is 8.59. The standard InChI is InChI=1S/C18H17Cl2F3N2O3S/c19-16-8-3-13(10-17(16)20)25-9-1-2-12(11-25)24-29(26,27)15-6-4-14(5-7-15)28-18(21,22)23/h3-8,10,12,24H,1-2,9,11H2/t12-/m0/s1. The third-order valence-electron chi connectivity index (χ3n) is 4.38. The van der Waals surface area contributed by atoms with E-state index >= 15 is 0 Å². The molecule has 3 rings (SSSR count). The average Bonchev–Trinajstić information content (AvgIpc) is 2.63. The molecule has 0 amide bonds. The van der Waals surface area contributed by atoms with E-state index in [4.69, 9.17) is 23.2 Å². The molecule has 29 heavy (non-hydrogen) atoms. The van der Waals surface area contributed by atoms with Gasteiger partial charge in [-0.15, -0.1) is 13.2 Å². The van der Waals surface area contributed by atoms with Crippen molar-refractivity contribution in [3.05, 3.63) is 52.5 Å². The van der Waals surface area contributed by atoms with Crippen LogP contribution in [0.3, 0.4) is 0 Å². The quantitative estimate of drug-likeness (QED) is 0.681. The van der Waals surface area contributed by atoms with Crippen LogP contribution in [0.5, 0.6) is 5.75 Å². The molecule has 11 heteroatoms. The van der Waals surface area contributed by atoms with Gasteiger partial charge in [0.25, 0.3) is 0 Å². The molecule has 0 saturated carbocycles. The molecule has 1 aliphatic rings. The van der Waals surface area contributed by atoms with Crippen LogP contribution >= 0.6 is 23.2 Å². The van der Waals surface area contributed by atoms with Gasteiger partial charge in [-0.3, -0.25) is 0 Å². The van der Waals surface area contributed by atoms with Gasteiger partial charge < -0.3 is 9.64 Å². The van der Waals surface area contributed by atoms with Crippen LogP contribution in [0.1, 0.15) is 12.8 Å². The molecule has 2 aromatic rings. The first-order valence-corrected chi connectivity index (χ1v) is 10.9. The van der Waals surface area contributed by atoms with Crippen LogP contribution in [0.15, 0.2) is 47.4 Å². The van der Waals surface area contributed by atoms with E-state index in [2.05, 4.69) is 9.46 Å². The van der Waals surface area contributed by atoms with Crippen LogP contribution in [0.25, 0.3) is 0 Å². The number of rotatable bonds is 5. The highest BCUT2D eigenvalue weighted by molar-refractivity contribution is 7.89. The summed E-state index contributed by atoms with van der Waals surface area (Å²) in [7, 11) is -3.90. The Bertz CT molecular complexity index is 969. The molecule has 0 unspecified atom stereocenters. The minimum atomic E-state index is -4.84. The summed E-state index contributed by atoms with van der Waals surface area (Å²) in [5.41, 5.74) is 0.831. The molecule has 158 valence electrons. The zero-order valence-electron chi connectivity index (χ0n) is 14.9. The zero-order chi connectivity index (χ0) is 21.2. The van der Waals surface area contributed by atoms with Crippen LogP contribution in [-0.4, -0.2) is 33.9 Å². The molecule has 5 nitrogen and oxygen atoms in total. The minimum Gasteiger partial charge on any atom is -0.406 e. The van der Waals surface area contributed by atoms with E-state index in [1.165, 1.54) is 0 Å². The van der Waals surface area contributed by atoms with Crippen molar-refractivity contribution in [2.24, 2.45) is 0 Å². The number of anilines is 1. The van der Waals surface area contributed by atoms with Crippen molar-refractivity contribution >= 4 is 38.9 Å². The van der Waals surface area contributed by atoms with Crippen LogP contribution in [0.2, 0.25) is 10.0 Å². The lowest BCUT2D eigenvalue weighted by Gasteiger charge is -2.34. The average molecular weight is 469 g/mol. The molecule has 0 aliphatic carbocycles. The fourth-order valence-corrected chi connectivity index (χ4v) is 4.65. The lowest BCUT2D eigenvalue weighted by atomic mass is 10.1. The van der Waals surface area contributed by atoms with Crippen molar-refractivity contribution in [3.63, 3.8) is 0 Å². The summed E-state index contributed by atoms with van der Waals surface area (Å²) in [6.07, 6.45) is -3.45. The molecule has 1 fully saturated rings. The third kappa shape index (κ3) is 5.91. The number of alkyl halides is 3. The van der Waals surface area contributed by atoms with Crippen molar-refractivity contribution in [3.8, 4) is 5.75 Å². The molecule has 0 spiro atoms. The maximum atomic E-state index is 12.6. The molecular formula is C18H17Cl2F3N2O3S. The largest absolute Gasteiger partial charge is 0.573 e. The third-order valence-corrected chi connectivity index (χ3v) is 6.65. The van der Waals surface area contributed by atoms with Gasteiger partial charge in [-0.25, -0.2) is 13.1 Å². The lowest BCUT2D eigenvalue weighted by Crippen LogP contribution is -2.47. The summed E-state index contributed by atoms with van der Waals surface area (Å²) in [5.74, 6) is -0.486. The monoisotopic (exact) mass is 468 g/mol. The van der Waals surface area contributed by atoms with E-state index in [1.807, 2.05) is 11.0 Å². The van der Waals surface area contributed by atoms with E-state index < -0.39 is 22.1 Å². The van der Waals surface area contributed by atoms with Gasteiger partial charge in [0.2, 0.25) is 10.0 Å². The number of halogens is 5. The van der Waals surface area contributed by atoms with E-state index in [0.29, 0.717) is 23.0 Å². The number of nitrogens with one attached hydrogen (secondary N) is 1. The predicted molar refractivity (Wildman–Crippen MR) is 105 cm³/mol. The number of benzene rings is 2. The van der Waals surface area contributed by atoms with Crippen molar-refractivity contribution in [2.75, 3.05) is 18.0 Å². The van der Waals surface area contributed by atoms with Gasteiger partial charge in [0.15, 0.2) is 0 Å². The van der Waals surface area contributed by atoms with E-state index in [-0.39, 0.29) is 10.9 Å². The normalized spacial score (nSPS) is 18.0. The summed E-state index contributed by atoms with van der Waals surface area (Å²) in [5, 5.41) is 0.843. The number of ether oxygens (including phenoxy) is 1. The number of hydrogen-bond donors (Lipinski definition) is 1. The molecule has 1 atom stereocenters. The number of hydrogen-bond acceptors (Lipinski definition) is 4. The molecule has 2 aromatic carbocycles. The first-order chi connectivity index (χ1) is 13.5. The van der Waals surface area contributed by atoms with Crippen LogP contribution in [-0.2, 0) is 10.0 Å². The maximum absolute atomic E-state index is 12.6. The first-order valence-electron chi connectivity index (χ1n) is 8.62. The minimum absolute atomic E-state index is 0.140. The Morgan fingerprint density at radius 3 is 2.38 bits per heavy atom. The van der Waals surface area contributed by atoms with Gasteiger partial charge in [-0.05, 0) is 55.3 Å². The van der Waals surface area contributed by atoms with E-state index in [0.717, 1.165) is 42.9 Å². The molecular weight excluding hydrogens is 452 g/mol. The lowest BCUT2D eigenvalue weighted by molar-refractivity contribution is -0.274. The summed E-state index contributed by atoms with van der Waals surface area (Å²) < 4.78 is 68.3. The van der Waals surface area contributed by atoms with Crippen LogP contribution in [0.4, 0.5) is 18.9 Å². The van der Waals surface area contributed by atoms with Gasteiger partial charge >= 0.3 is 6.36 Å². The highest BCUT2D eigenvalue weighted by atomic mass is 35.5. The highest BCUT2D eigenvalue weighted by Crippen LogP contribution is 2.29. The molecule has 1 saturated heterocycles. The molecule has 0 bridgehead atoms. The Morgan fingerprint density at radius 1 is 1.07 bits per heavy atom. The fourth-order valence-electron chi connectivity index (χ4n) is 3.10. The van der Waals surface area contributed by atoms with Gasteiger partial charge in [-0.2, -0.15) is 0 Å². The molecule has 0 aromatic heterocycles. The van der Waals surface area contributed by atoms with Crippen LogP contribution < -0.4 is 14.4 Å². The number of piperidine rings is 1. The maximum Gasteiger partial charge on any atom is 0.573 e. The second-order valence-electron chi connectivity index (χ2n) is 6.52. The summed E-state index contributed by atoms with van der Waals surface area (Å²) in [6.45, 7) is 1.16. The smallest absolute Gasteiger partial charge is 0.406 e. The number of nitrogens with zero attached hydrogens (tertiary/aromatic N) is 1. The first kappa shape index (κ1) is 22.0. The predicted octanol–water partition coefficient (Wildman–Crippen LogP) is 4.84. The Morgan fingerprint density at radius 2 is 1.76 bits per heavy atom. The number of sulfonamides is 1. The Balaban J connectivity index is 1.68.